The second-order valence-corrected chi connectivity index (χ2v) is 9.95. The van der Waals surface area contributed by atoms with Gasteiger partial charge < -0.3 is 24.5 Å². The van der Waals surface area contributed by atoms with E-state index in [4.69, 9.17) is 9.47 Å². The summed E-state index contributed by atoms with van der Waals surface area (Å²) in [5.41, 5.74) is 0.835. The van der Waals surface area contributed by atoms with Gasteiger partial charge in [0.05, 0.1) is 12.4 Å². The van der Waals surface area contributed by atoms with Gasteiger partial charge in [0.25, 0.3) is 17.4 Å². The highest BCUT2D eigenvalue weighted by Gasteiger charge is 2.24. The van der Waals surface area contributed by atoms with Crippen molar-refractivity contribution in [2.75, 3.05) is 17.2 Å². The number of halogens is 2. The molecule has 12 heteroatoms. The number of aromatic nitrogens is 3. The maximum absolute atomic E-state index is 15.0. The van der Waals surface area contributed by atoms with Crippen LogP contribution < -0.4 is 20.9 Å². The Morgan fingerprint density at radius 3 is 2.56 bits per heavy atom. The molecule has 0 saturated carbocycles. The van der Waals surface area contributed by atoms with Crippen molar-refractivity contribution in [1.82, 2.24) is 14.0 Å². The van der Waals surface area contributed by atoms with Gasteiger partial charge in [-0.2, -0.15) is 0 Å². The Labute approximate surface area is 243 Å². The quantitative estimate of drug-likeness (QED) is 0.270. The van der Waals surface area contributed by atoms with Crippen LogP contribution in [-0.4, -0.2) is 38.5 Å². The SMILES string of the molecule is Cc1ccc(C(=O)Nc2ccc(Oc3ccc4nc(NC(=O)C5CCCO5)cn4c3)c(F)c2)c(=O)n1-c1ccc(F)cc1. The second-order valence-electron chi connectivity index (χ2n) is 9.95. The van der Waals surface area contributed by atoms with Crippen molar-refractivity contribution in [3.05, 3.63) is 112 Å². The molecule has 10 nitrogen and oxygen atoms in total. The molecule has 5 aromatic rings. The molecule has 218 valence electrons. The zero-order chi connectivity index (χ0) is 30.1. The van der Waals surface area contributed by atoms with Gasteiger partial charge in [-0.05, 0) is 80.4 Å². The van der Waals surface area contributed by atoms with Crippen LogP contribution in [-0.2, 0) is 9.53 Å². The molecule has 0 radical (unpaired) electrons. The Balaban J connectivity index is 1.15. The Bertz CT molecular complexity index is 1910. The molecule has 2 N–H and O–H groups in total. The van der Waals surface area contributed by atoms with E-state index in [0.717, 1.165) is 12.5 Å². The molecule has 1 atom stereocenters. The third-order valence-corrected chi connectivity index (χ3v) is 6.92. The van der Waals surface area contributed by atoms with Crippen molar-refractivity contribution in [2.24, 2.45) is 0 Å². The lowest BCUT2D eigenvalue weighted by molar-refractivity contribution is -0.124. The molecule has 0 aliphatic carbocycles. The van der Waals surface area contributed by atoms with Crippen molar-refractivity contribution in [1.29, 1.82) is 0 Å². The number of pyridine rings is 2. The Kier molecular flexibility index (Phi) is 7.43. The largest absolute Gasteiger partial charge is 0.453 e. The Morgan fingerprint density at radius 1 is 1.00 bits per heavy atom. The van der Waals surface area contributed by atoms with Crippen LogP contribution in [0.2, 0.25) is 0 Å². The second kappa shape index (κ2) is 11.5. The van der Waals surface area contributed by atoms with E-state index in [9.17, 15) is 23.2 Å². The van der Waals surface area contributed by atoms with E-state index in [0.29, 0.717) is 41.6 Å². The van der Waals surface area contributed by atoms with Gasteiger partial charge in [-0.3, -0.25) is 19.0 Å². The van der Waals surface area contributed by atoms with Crippen LogP contribution in [0.25, 0.3) is 11.3 Å². The van der Waals surface area contributed by atoms with Gasteiger partial charge in [0.15, 0.2) is 17.4 Å². The average Bonchev–Trinajstić information content (AvgIpc) is 3.65. The van der Waals surface area contributed by atoms with Gasteiger partial charge in [0, 0.05) is 29.7 Å². The predicted molar refractivity (Wildman–Crippen MR) is 154 cm³/mol. The van der Waals surface area contributed by atoms with Gasteiger partial charge in [-0.15, -0.1) is 0 Å². The summed E-state index contributed by atoms with van der Waals surface area (Å²) in [7, 11) is 0. The molecule has 1 aliphatic heterocycles. The van der Waals surface area contributed by atoms with Crippen molar-refractivity contribution < 1.29 is 27.8 Å². The number of anilines is 2. The topological polar surface area (TPSA) is 116 Å². The number of carbonyl (C=O) groups is 2. The monoisotopic (exact) mass is 585 g/mol. The van der Waals surface area contributed by atoms with E-state index in [1.165, 1.54) is 47.0 Å². The van der Waals surface area contributed by atoms with Crippen LogP contribution in [0.5, 0.6) is 11.5 Å². The molecule has 6 rings (SSSR count). The standard InChI is InChI=1S/C31H25F2N5O5/c1-18-4-11-23(31(41)38(18)21-8-5-19(32)6-9-21)29(39)34-20-7-12-25(24(33)15-20)43-22-10-13-28-35-27(17-37(28)16-22)36-30(40)26-3-2-14-42-26/h4-13,15-17,26H,2-3,14H2,1H3,(H,34,39)(H,36,40). The summed E-state index contributed by atoms with van der Waals surface area (Å²) in [5.74, 6) is -1.64. The third-order valence-electron chi connectivity index (χ3n) is 6.92. The zero-order valence-corrected chi connectivity index (χ0v) is 22.8. The smallest absolute Gasteiger partial charge is 0.268 e. The molecule has 0 bridgehead atoms. The molecule has 3 aromatic heterocycles. The number of nitrogens with zero attached hydrogens (tertiary/aromatic N) is 3. The summed E-state index contributed by atoms with van der Waals surface area (Å²) in [4.78, 5) is 42.8. The Hall–Kier alpha value is -5.36. The zero-order valence-electron chi connectivity index (χ0n) is 22.8. The number of hydrogen-bond acceptors (Lipinski definition) is 6. The molecule has 1 saturated heterocycles. The lowest BCUT2D eigenvalue weighted by Gasteiger charge is -2.13. The van der Waals surface area contributed by atoms with Crippen LogP contribution in [0.15, 0.2) is 83.9 Å². The van der Waals surface area contributed by atoms with E-state index in [1.54, 1.807) is 41.9 Å². The van der Waals surface area contributed by atoms with Crippen molar-refractivity contribution >= 4 is 29.0 Å². The number of amides is 2. The van der Waals surface area contributed by atoms with Crippen LogP contribution in [0.4, 0.5) is 20.3 Å². The van der Waals surface area contributed by atoms with E-state index in [2.05, 4.69) is 15.6 Å². The van der Waals surface area contributed by atoms with Gasteiger partial charge in [0.2, 0.25) is 0 Å². The molecule has 1 fully saturated rings. The van der Waals surface area contributed by atoms with Crippen LogP contribution in [0.1, 0.15) is 28.9 Å². The van der Waals surface area contributed by atoms with Crippen LogP contribution in [0.3, 0.4) is 0 Å². The molecule has 2 aromatic carbocycles. The fraction of sp³-hybridized carbons (Fsp3) is 0.161. The summed E-state index contributed by atoms with van der Waals surface area (Å²) < 4.78 is 42.4. The lowest BCUT2D eigenvalue weighted by Crippen LogP contribution is -2.29. The molecular weight excluding hydrogens is 560 g/mol. The number of hydrogen-bond donors (Lipinski definition) is 2. The minimum absolute atomic E-state index is 0.0987. The van der Waals surface area contributed by atoms with Crippen molar-refractivity contribution in [3.8, 4) is 17.2 Å². The predicted octanol–water partition coefficient (Wildman–Crippen LogP) is 5.23. The molecule has 0 spiro atoms. The normalized spacial score (nSPS) is 14.5. The summed E-state index contributed by atoms with van der Waals surface area (Å²) in [5, 5.41) is 5.28. The molecule has 43 heavy (non-hydrogen) atoms. The third kappa shape index (κ3) is 5.86. The highest BCUT2D eigenvalue weighted by Crippen LogP contribution is 2.28. The van der Waals surface area contributed by atoms with E-state index in [-0.39, 0.29) is 22.9 Å². The summed E-state index contributed by atoms with van der Waals surface area (Å²) in [6.07, 6.45) is 4.20. The minimum Gasteiger partial charge on any atom is -0.453 e. The lowest BCUT2D eigenvalue weighted by atomic mass is 10.2. The molecule has 1 unspecified atom stereocenters. The summed E-state index contributed by atoms with van der Waals surface area (Å²) >= 11 is 0. The van der Waals surface area contributed by atoms with Gasteiger partial charge in [0.1, 0.15) is 28.9 Å². The number of imidazole rings is 1. The number of fused-ring (bicyclic) bond motifs is 1. The minimum atomic E-state index is -0.749. The first-order valence-electron chi connectivity index (χ1n) is 13.4. The number of benzene rings is 2. The number of aryl methyl sites for hydroxylation is 1. The molecule has 4 heterocycles. The molecule has 2 amide bonds. The van der Waals surface area contributed by atoms with Gasteiger partial charge in [-0.1, -0.05) is 0 Å². The van der Waals surface area contributed by atoms with Crippen molar-refractivity contribution in [3.63, 3.8) is 0 Å². The maximum atomic E-state index is 15.0. The summed E-state index contributed by atoms with van der Waals surface area (Å²) in [6.45, 7) is 2.25. The fourth-order valence-corrected chi connectivity index (χ4v) is 4.78. The van der Waals surface area contributed by atoms with E-state index >= 15 is 0 Å². The van der Waals surface area contributed by atoms with Crippen LogP contribution in [0, 0.1) is 18.6 Å². The number of ether oxygens (including phenoxy) is 2. The van der Waals surface area contributed by atoms with Gasteiger partial charge >= 0.3 is 0 Å². The fourth-order valence-electron chi connectivity index (χ4n) is 4.78. The highest BCUT2D eigenvalue weighted by atomic mass is 19.1. The highest BCUT2D eigenvalue weighted by molar-refractivity contribution is 6.04. The first-order chi connectivity index (χ1) is 20.7. The number of carbonyl (C=O) groups excluding carboxylic acids is 2. The molecular formula is C31H25F2N5O5. The number of rotatable bonds is 7. The maximum Gasteiger partial charge on any atom is 0.268 e. The Morgan fingerprint density at radius 2 is 1.81 bits per heavy atom. The van der Waals surface area contributed by atoms with Crippen molar-refractivity contribution in [2.45, 2.75) is 25.9 Å². The van der Waals surface area contributed by atoms with E-state index < -0.39 is 29.2 Å². The first-order valence-corrected chi connectivity index (χ1v) is 13.4. The first kappa shape index (κ1) is 27.8. The van der Waals surface area contributed by atoms with E-state index in [1.807, 2.05) is 0 Å². The number of nitrogens with one attached hydrogen (secondary N) is 2. The average molecular weight is 586 g/mol. The summed E-state index contributed by atoms with van der Waals surface area (Å²) in [6, 6.07) is 15.4. The van der Waals surface area contributed by atoms with Crippen LogP contribution >= 0.6 is 0 Å². The molecule has 1 aliphatic rings. The van der Waals surface area contributed by atoms with Gasteiger partial charge in [-0.25, -0.2) is 13.8 Å².